The van der Waals surface area contributed by atoms with E-state index in [0.717, 1.165) is 71.8 Å². The first-order chi connectivity index (χ1) is 18.1. The van der Waals surface area contributed by atoms with Gasteiger partial charge in [-0.1, -0.05) is 81.8 Å². The van der Waals surface area contributed by atoms with Gasteiger partial charge in [-0.15, -0.1) is 10.2 Å². The van der Waals surface area contributed by atoms with Crippen molar-refractivity contribution in [2.75, 3.05) is 0 Å². The summed E-state index contributed by atoms with van der Waals surface area (Å²) in [7, 11) is 0. The minimum atomic E-state index is 0.414. The molecule has 0 radical (unpaired) electrons. The lowest BCUT2D eigenvalue weighted by Gasteiger charge is -2.09. The largest absolute Gasteiger partial charge is 0.256 e. The zero-order valence-corrected chi connectivity index (χ0v) is 21.6. The minimum Gasteiger partial charge on any atom is -0.256 e. The van der Waals surface area contributed by atoms with Gasteiger partial charge in [0.05, 0.1) is 5.69 Å². The number of nitrogens with one attached hydrogen (secondary N) is 1. The fraction of sp³-hybridized carbons (Fsp3) is 0.310. The molecule has 1 N–H and O–H groups in total. The second-order valence-electron chi connectivity index (χ2n) is 9.50. The first kappa shape index (κ1) is 24.5. The highest BCUT2D eigenvalue weighted by atomic mass is 15.5. The maximum atomic E-state index is 4.98. The summed E-state index contributed by atoms with van der Waals surface area (Å²) in [6.45, 7) is 7.40. The Bertz CT molecular complexity index is 1440. The molecule has 0 aliphatic heterocycles. The summed E-state index contributed by atoms with van der Waals surface area (Å²) in [4.78, 5) is 9.73. The monoisotopic (exact) mass is 492 g/mol. The zero-order chi connectivity index (χ0) is 25.6. The van der Waals surface area contributed by atoms with Crippen LogP contribution < -0.4 is 0 Å². The third-order valence-electron chi connectivity index (χ3n) is 6.55. The molecule has 0 saturated heterocycles. The van der Waals surface area contributed by atoms with E-state index in [0.29, 0.717) is 11.7 Å². The number of nitrogens with zero attached hydrogens (tertiary/aromatic N) is 7. The Labute approximate surface area is 217 Å². The van der Waals surface area contributed by atoms with Crippen LogP contribution >= 0.6 is 0 Å². The van der Waals surface area contributed by atoms with Crippen LogP contribution in [0.3, 0.4) is 0 Å². The lowest BCUT2D eigenvalue weighted by atomic mass is 9.97. The highest BCUT2D eigenvalue weighted by molar-refractivity contribution is 5.78. The third-order valence-corrected chi connectivity index (χ3v) is 6.55. The SMILES string of the molecule is CCCCc1nc(-c2ccccc2C(C)C)nn1CCc1ccc(-c2ccccc2-c2nn[nH]n2)nc1. The van der Waals surface area contributed by atoms with Crippen molar-refractivity contribution in [3.8, 4) is 34.0 Å². The number of unbranched alkanes of at least 4 members (excludes halogenated alkanes) is 1. The molecule has 0 amide bonds. The number of pyridine rings is 1. The molecule has 188 valence electrons. The van der Waals surface area contributed by atoms with Gasteiger partial charge in [-0.2, -0.15) is 10.3 Å². The van der Waals surface area contributed by atoms with E-state index in [-0.39, 0.29) is 0 Å². The van der Waals surface area contributed by atoms with Crippen molar-refractivity contribution in [2.45, 2.75) is 58.9 Å². The molecule has 2 aromatic carbocycles. The summed E-state index contributed by atoms with van der Waals surface area (Å²) in [6, 6.07) is 20.6. The molecule has 0 atom stereocenters. The number of H-pyrrole nitrogens is 1. The number of hydrogen-bond donors (Lipinski definition) is 1. The predicted octanol–water partition coefficient (Wildman–Crippen LogP) is 5.90. The maximum absolute atomic E-state index is 4.98. The Balaban J connectivity index is 1.36. The van der Waals surface area contributed by atoms with E-state index in [1.165, 1.54) is 5.56 Å². The highest BCUT2D eigenvalue weighted by Gasteiger charge is 2.16. The van der Waals surface area contributed by atoms with Crippen LogP contribution in [0.1, 0.15) is 56.5 Å². The smallest absolute Gasteiger partial charge is 0.205 e. The molecule has 8 heteroatoms. The summed E-state index contributed by atoms with van der Waals surface area (Å²) in [5.41, 5.74) is 6.31. The maximum Gasteiger partial charge on any atom is 0.205 e. The van der Waals surface area contributed by atoms with Gasteiger partial charge < -0.3 is 0 Å². The van der Waals surface area contributed by atoms with Crippen molar-refractivity contribution in [3.63, 3.8) is 0 Å². The topological polar surface area (TPSA) is 98.1 Å². The molecule has 37 heavy (non-hydrogen) atoms. The van der Waals surface area contributed by atoms with Gasteiger partial charge in [0, 0.05) is 35.9 Å². The molecule has 0 unspecified atom stereocenters. The van der Waals surface area contributed by atoms with Crippen molar-refractivity contribution >= 4 is 0 Å². The average Bonchev–Trinajstić information content (AvgIpc) is 3.61. The van der Waals surface area contributed by atoms with Crippen LogP contribution in [0.2, 0.25) is 0 Å². The van der Waals surface area contributed by atoms with Crippen LogP contribution in [0.15, 0.2) is 66.9 Å². The molecule has 0 saturated carbocycles. The van der Waals surface area contributed by atoms with Crippen molar-refractivity contribution in [1.29, 1.82) is 0 Å². The Morgan fingerprint density at radius 3 is 2.35 bits per heavy atom. The molecule has 0 fully saturated rings. The Morgan fingerprint density at radius 2 is 1.65 bits per heavy atom. The standard InChI is InChI=1S/C29H32N8/c1-4-5-14-27-31-28(24-12-8-6-10-22(24)20(2)3)34-37(27)18-17-21-15-16-26(30-19-21)23-11-7-9-13-25(23)29-32-35-36-33-29/h6-13,15-16,19-20H,4-5,14,17-18H2,1-3H3,(H,32,33,35,36). The first-order valence-corrected chi connectivity index (χ1v) is 12.9. The molecule has 3 heterocycles. The van der Waals surface area contributed by atoms with Crippen LogP contribution in [-0.4, -0.2) is 40.4 Å². The van der Waals surface area contributed by atoms with Gasteiger partial charge in [-0.05, 0) is 41.2 Å². The van der Waals surface area contributed by atoms with Crippen LogP contribution in [-0.2, 0) is 19.4 Å². The van der Waals surface area contributed by atoms with Crippen molar-refractivity contribution in [2.24, 2.45) is 0 Å². The molecule has 0 bridgehead atoms. The number of tetrazole rings is 1. The van der Waals surface area contributed by atoms with Gasteiger partial charge >= 0.3 is 0 Å². The number of benzene rings is 2. The number of hydrogen-bond acceptors (Lipinski definition) is 6. The van der Waals surface area contributed by atoms with Gasteiger partial charge in [0.25, 0.3) is 0 Å². The van der Waals surface area contributed by atoms with E-state index in [9.17, 15) is 0 Å². The summed E-state index contributed by atoms with van der Waals surface area (Å²) in [5.74, 6) is 2.84. The van der Waals surface area contributed by atoms with Crippen molar-refractivity contribution < 1.29 is 0 Å². The number of aromatic amines is 1. The molecule has 5 rings (SSSR count). The minimum absolute atomic E-state index is 0.414. The fourth-order valence-electron chi connectivity index (χ4n) is 4.54. The van der Waals surface area contributed by atoms with Gasteiger partial charge in [0.2, 0.25) is 5.82 Å². The van der Waals surface area contributed by atoms with Gasteiger partial charge in [-0.25, -0.2) is 9.67 Å². The van der Waals surface area contributed by atoms with Crippen LogP contribution in [0, 0.1) is 0 Å². The Hall–Kier alpha value is -4.20. The average molecular weight is 493 g/mol. The molecule has 0 aliphatic rings. The normalized spacial score (nSPS) is 11.4. The Morgan fingerprint density at radius 1 is 0.865 bits per heavy atom. The number of aromatic nitrogens is 8. The second-order valence-corrected chi connectivity index (χ2v) is 9.50. The first-order valence-electron chi connectivity index (χ1n) is 12.9. The zero-order valence-electron chi connectivity index (χ0n) is 21.6. The second kappa shape index (κ2) is 11.2. The summed E-state index contributed by atoms with van der Waals surface area (Å²) in [6.07, 6.45) is 5.92. The van der Waals surface area contributed by atoms with E-state index in [4.69, 9.17) is 15.1 Å². The molecule has 5 aromatic rings. The quantitative estimate of drug-likeness (QED) is 0.261. The third kappa shape index (κ3) is 5.48. The van der Waals surface area contributed by atoms with Crippen LogP contribution in [0.4, 0.5) is 0 Å². The lowest BCUT2D eigenvalue weighted by molar-refractivity contribution is 0.569. The van der Waals surface area contributed by atoms with Crippen molar-refractivity contribution in [1.82, 2.24) is 40.4 Å². The van der Waals surface area contributed by atoms with Crippen molar-refractivity contribution in [3.05, 3.63) is 83.8 Å². The number of aryl methyl sites for hydroxylation is 3. The lowest BCUT2D eigenvalue weighted by Crippen LogP contribution is -2.08. The molecule has 0 aliphatic carbocycles. The van der Waals surface area contributed by atoms with E-state index >= 15 is 0 Å². The van der Waals surface area contributed by atoms with Gasteiger partial charge in [0.15, 0.2) is 5.82 Å². The molecule has 0 spiro atoms. The van der Waals surface area contributed by atoms with Gasteiger partial charge in [0.1, 0.15) is 5.82 Å². The van der Waals surface area contributed by atoms with Gasteiger partial charge in [-0.3, -0.25) is 4.98 Å². The molecule has 3 aromatic heterocycles. The van der Waals surface area contributed by atoms with Crippen LogP contribution in [0.5, 0.6) is 0 Å². The molecular formula is C29H32N8. The van der Waals surface area contributed by atoms with Crippen LogP contribution in [0.25, 0.3) is 34.0 Å². The fourth-order valence-corrected chi connectivity index (χ4v) is 4.54. The summed E-state index contributed by atoms with van der Waals surface area (Å²) >= 11 is 0. The van der Waals surface area contributed by atoms with E-state index in [1.54, 1.807) is 0 Å². The molecular weight excluding hydrogens is 460 g/mol. The molecule has 8 nitrogen and oxygen atoms in total. The van der Waals surface area contributed by atoms with E-state index in [1.807, 2.05) is 30.5 Å². The summed E-state index contributed by atoms with van der Waals surface area (Å²) < 4.78 is 2.08. The van der Waals surface area contributed by atoms with E-state index < -0.39 is 0 Å². The predicted molar refractivity (Wildman–Crippen MR) is 145 cm³/mol. The number of rotatable bonds is 10. The summed E-state index contributed by atoms with van der Waals surface area (Å²) in [5, 5.41) is 19.4. The van der Waals surface area contributed by atoms with E-state index in [2.05, 4.69) is 82.5 Å². The highest BCUT2D eigenvalue weighted by Crippen LogP contribution is 2.29. The Kier molecular flexibility index (Phi) is 7.44.